The van der Waals surface area contributed by atoms with Crippen molar-refractivity contribution < 1.29 is 5.11 Å². The highest BCUT2D eigenvalue weighted by Gasteiger charge is 2.22. The molecule has 3 atom stereocenters. The molecule has 3 heteroatoms. The van der Waals surface area contributed by atoms with Gasteiger partial charge in [-0.05, 0) is 25.3 Å². The van der Waals surface area contributed by atoms with Gasteiger partial charge in [-0.25, -0.2) is 0 Å². The summed E-state index contributed by atoms with van der Waals surface area (Å²) in [6, 6.07) is 0.162. The fourth-order valence-electron chi connectivity index (χ4n) is 2.06. The summed E-state index contributed by atoms with van der Waals surface area (Å²) in [5.41, 5.74) is 6.15. The lowest BCUT2D eigenvalue weighted by atomic mass is 9.97. The number of aliphatic hydroxyl groups is 1. The van der Waals surface area contributed by atoms with E-state index in [9.17, 15) is 5.11 Å². The maximum Gasteiger partial charge on any atom is 0.0601 e. The lowest BCUT2D eigenvalue weighted by Crippen LogP contribution is -2.50. The molecule has 0 aromatic rings. The zero-order valence-electron chi connectivity index (χ0n) is 11.6. The van der Waals surface area contributed by atoms with Crippen LogP contribution in [0.5, 0.6) is 0 Å². The predicted molar refractivity (Wildman–Crippen MR) is 70.4 cm³/mol. The van der Waals surface area contributed by atoms with E-state index in [1.807, 2.05) is 0 Å². The van der Waals surface area contributed by atoms with Crippen LogP contribution in [0, 0.1) is 11.8 Å². The van der Waals surface area contributed by atoms with Crippen molar-refractivity contribution in [3.8, 4) is 0 Å². The molecule has 0 spiro atoms. The van der Waals surface area contributed by atoms with Gasteiger partial charge in [0.2, 0.25) is 0 Å². The summed E-state index contributed by atoms with van der Waals surface area (Å²) in [5, 5.41) is 9.44. The Bertz CT molecular complexity index is 173. The normalized spacial score (nSPS) is 17.8. The number of hydrogen-bond donors (Lipinski definition) is 2. The molecule has 0 rings (SSSR count). The van der Waals surface area contributed by atoms with Gasteiger partial charge in [-0.1, -0.05) is 34.1 Å². The zero-order valence-corrected chi connectivity index (χ0v) is 11.6. The van der Waals surface area contributed by atoms with Crippen LogP contribution in [0.25, 0.3) is 0 Å². The number of aliphatic hydroxyl groups excluding tert-OH is 1. The quantitative estimate of drug-likeness (QED) is 0.667. The summed E-state index contributed by atoms with van der Waals surface area (Å²) < 4.78 is 0. The summed E-state index contributed by atoms with van der Waals surface area (Å²) in [4.78, 5) is 2.21. The van der Waals surface area contributed by atoms with E-state index in [0.717, 1.165) is 13.0 Å². The first kappa shape index (κ1) is 15.9. The monoisotopic (exact) mass is 230 g/mol. The molecular weight excluding hydrogens is 200 g/mol. The summed E-state index contributed by atoms with van der Waals surface area (Å²) in [5.74, 6) is 1.24. The lowest BCUT2D eigenvalue weighted by molar-refractivity contribution is 0.108. The molecule has 0 aliphatic carbocycles. The molecule has 0 heterocycles. The molecule has 3 N–H and O–H groups in total. The van der Waals surface area contributed by atoms with Crippen molar-refractivity contribution >= 4 is 0 Å². The Hall–Kier alpha value is -0.120. The average molecular weight is 230 g/mol. The first-order valence-electron chi connectivity index (χ1n) is 6.48. The van der Waals surface area contributed by atoms with Crippen LogP contribution in [0.1, 0.15) is 40.5 Å². The van der Waals surface area contributed by atoms with Crippen molar-refractivity contribution in [2.75, 3.05) is 20.2 Å². The van der Waals surface area contributed by atoms with Crippen LogP contribution < -0.4 is 5.73 Å². The van der Waals surface area contributed by atoms with E-state index in [-0.39, 0.29) is 18.7 Å². The standard InChI is InChI=1S/C13H30N2O/c1-6-11(4)8-15(5)13(9-16)12(14)7-10(2)3/h10-13,16H,6-9,14H2,1-5H3. The van der Waals surface area contributed by atoms with Crippen LogP contribution in [0.4, 0.5) is 0 Å². The van der Waals surface area contributed by atoms with Crippen LogP contribution in [0.3, 0.4) is 0 Å². The molecule has 98 valence electrons. The molecule has 0 bridgehead atoms. The van der Waals surface area contributed by atoms with E-state index in [4.69, 9.17) is 5.73 Å². The molecule has 0 aromatic heterocycles. The largest absolute Gasteiger partial charge is 0.395 e. The maximum atomic E-state index is 9.44. The van der Waals surface area contributed by atoms with Crippen molar-refractivity contribution in [2.45, 2.75) is 52.6 Å². The molecule has 0 fully saturated rings. The van der Waals surface area contributed by atoms with Gasteiger partial charge in [0.05, 0.1) is 6.61 Å². The molecule has 16 heavy (non-hydrogen) atoms. The average Bonchev–Trinajstić information content (AvgIpc) is 2.17. The van der Waals surface area contributed by atoms with Crippen LogP contribution in [0.2, 0.25) is 0 Å². The highest BCUT2D eigenvalue weighted by molar-refractivity contribution is 4.81. The van der Waals surface area contributed by atoms with E-state index in [1.165, 1.54) is 6.42 Å². The molecule has 0 amide bonds. The molecule has 0 saturated heterocycles. The second-order valence-corrected chi connectivity index (χ2v) is 5.50. The lowest BCUT2D eigenvalue weighted by Gasteiger charge is -2.33. The number of nitrogens with zero attached hydrogens (tertiary/aromatic N) is 1. The van der Waals surface area contributed by atoms with Gasteiger partial charge in [0.25, 0.3) is 0 Å². The van der Waals surface area contributed by atoms with Gasteiger partial charge in [-0.2, -0.15) is 0 Å². The van der Waals surface area contributed by atoms with E-state index in [1.54, 1.807) is 0 Å². The van der Waals surface area contributed by atoms with Crippen molar-refractivity contribution in [1.82, 2.24) is 4.90 Å². The van der Waals surface area contributed by atoms with Crippen molar-refractivity contribution in [3.05, 3.63) is 0 Å². The summed E-state index contributed by atoms with van der Waals surface area (Å²) in [7, 11) is 2.06. The third kappa shape index (κ3) is 5.83. The van der Waals surface area contributed by atoms with E-state index < -0.39 is 0 Å². The molecule has 0 radical (unpaired) electrons. The molecule has 0 saturated carbocycles. The minimum absolute atomic E-state index is 0.0686. The predicted octanol–water partition coefficient (Wildman–Crippen LogP) is 1.70. The fraction of sp³-hybridized carbons (Fsp3) is 1.00. The molecule has 0 aromatic carbocycles. The summed E-state index contributed by atoms with van der Waals surface area (Å²) >= 11 is 0. The van der Waals surface area contributed by atoms with Gasteiger partial charge < -0.3 is 10.8 Å². The van der Waals surface area contributed by atoms with Crippen LogP contribution in [-0.2, 0) is 0 Å². The Morgan fingerprint density at radius 3 is 2.19 bits per heavy atom. The minimum atomic E-state index is 0.0686. The van der Waals surface area contributed by atoms with Gasteiger partial charge in [0.1, 0.15) is 0 Å². The third-order valence-corrected chi connectivity index (χ3v) is 3.29. The minimum Gasteiger partial charge on any atom is -0.395 e. The van der Waals surface area contributed by atoms with Crippen molar-refractivity contribution in [2.24, 2.45) is 17.6 Å². The Kier molecular flexibility index (Phi) is 7.98. The fourth-order valence-corrected chi connectivity index (χ4v) is 2.06. The molecule has 3 unspecified atom stereocenters. The number of nitrogens with two attached hydrogens (primary N) is 1. The van der Waals surface area contributed by atoms with Gasteiger partial charge in [-0.15, -0.1) is 0 Å². The first-order valence-corrected chi connectivity index (χ1v) is 6.48. The van der Waals surface area contributed by atoms with Crippen LogP contribution in [0.15, 0.2) is 0 Å². The highest BCUT2D eigenvalue weighted by Crippen LogP contribution is 2.12. The van der Waals surface area contributed by atoms with E-state index in [0.29, 0.717) is 11.8 Å². The Labute approximate surface area is 101 Å². The Morgan fingerprint density at radius 1 is 1.25 bits per heavy atom. The topological polar surface area (TPSA) is 49.5 Å². The van der Waals surface area contributed by atoms with Gasteiger partial charge in [-0.3, -0.25) is 4.90 Å². The molecule has 0 aliphatic heterocycles. The smallest absolute Gasteiger partial charge is 0.0601 e. The number of likely N-dealkylation sites (N-methyl/N-ethyl adjacent to an activating group) is 1. The summed E-state index contributed by atoms with van der Waals surface area (Å²) in [6.45, 7) is 9.93. The summed E-state index contributed by atoms with van der Waals surface area (Å²) in [6.07, 6.45) is 2.14. The van der Waals surface area contributed by atoms with E-state index >= 15 is 0 Å². The maximum absolute atomic E-state index is 9.44. The first-order chi connectivity index (χ1) is 7.42. The molecule has 0 aliphatic rings. The number of hydrogen-bond acceptors (Lipinski definition) is 3. The highest BCUT2D eigenvalue weighted by atomic mass is 16.3. The van der Waals surface area contributed by atoms with Gasteiger partial charge in [0, 0.05) is 18.6 Å². The molecule has 3 nitrogen and oxygen atoms in total. The van der Waals surface area contributed by atoms with Crippen molar-refractivity contribution in [3.63, 3.8) is 0 Å². The van der Waals surface area contributed by atoms with Crippen LogP contribution >= 0.6 is 0 Å². The Balaban J connectivity index is 4.24. The third-order valence-electron chi connectivity index (χ3n) is 3.29. The van der Waals surface area contributed by atoms with Gasteiger partial charge >= 0.3 is 0 Å². The molecular formula is C13H30N2O. The zero-order chi connectivity index (χ0) is 12.7. The number of rotatable bonds is 8. The van der Waals surface area contributed by atoms with Crippen molar-refractivity contribution in [1.29, 1.82) is 0 Å². The second-order valence-electron chi connectivity index (χ2n) is 5.50. The SMILES string of the molecule is CCC(C)CN(C)C(CO)C(N)CC(C)C. The second kappa shape index (κ2) is 8.04. The van der Waals surface area contributed by atoms with E-state index in [2.05, 4.69) is 39.6 Å². The van der Waals surface area contributed by atoms with Gasteiger partial charge in [0.15, 0.2) is 0 Å². The van der Waals surface area contributed by atoms with Crippen LogP contribution in [-0.4, -0.2) is 42.3 Å². The Morgan fingerprint density at radius 2 is 1.81 bits per heavy atom.